The third kappa shape index (κ3) is 4.56. The van der Waals surface area contributed by atoms with Gasteiger partial charge in [0.2, 0.25) is 0 Å². The predicted molar refractivity (Wildman–Crippen MR) is 109 cm³/mol. The monoisotopic (exact) mass is 433 g/mol. The summed E-state index contributed by atoms with van der Waals surface area (Å²) in [6, 6.07) is 3.89. The van der Waals surface area contributed by atoms with Gasteiger partial charge >= 0.3 is 0 Å². The minimum absolute atomic E-state index is 0.159. The summed E-state index contributed by atoms with van der Waals surface area (Å²) in [4.78, 5) is 22.8. The van der Waals surface area contributed by atoms with Crippen LogP contribution < -0.4 is 20.1 Å². The summed E-state index contributed by atoms with van der Waals surface area (Å²) >= 11 is 0. The van der Waals surface area contributed by atoms with Crippen molar-refractivity contribution in [2.45, 2.75) is 18.9 Å². The topological polar surface area (TPSA) is 135 Å². The summed E-state index contributed by atoms with van der Waals surface area (Å²) < 4.78 is 40.4. The van der Waals surface area contributed by atoms with E-state index in [1.807, 2.05) is 4.90 Å². The van der Waals surface area contributed by atoms with E-state index in [-0.39, 0.29) is 11.7 Å². The van der Waals surface area contributed by atoms with Crippen LogP contribution in [0.15, 0.2) is 43.0 Å². The number of fused-ring (bicyclic) bond motifs is 1. The van der Waals surface area contributed by atoms with Gasteiger partial charge in [0, 0.05) is 37.7 Å². The number of nitrogens with one attached hydrogen (secondary N) is 2. The number of hydrogen-bond acceptors (Lipinski definition) is 6. The van der Waals surface area contributed by atoms with E-state index in [1.165, 1.54) is 18.3 Å². The van der Waals surface area contributed by atoms with Crippen LogP contribution in [0.3, 0.4) is 0 Å². The number of benzene rings is 1. The molecular weight excluding hydrogens is 413 g/mol. The standard InChI is InChI=1S/C18H20FN7O3S/c19-12-1-2-16(25-6-3-13(4-7-25)24-30(20,28)29)14(9-12)23-18(27)15-11-26-8-5-21-17(26)10-22-15/h1-2,5,8-11,13,24H,3-4,6-7H2,(H,23,27)(H2,20,28,29). The molecule has 0 spiro atoms. The summed E-state index contributed by atoms with van der Waals surface area (Å²) in [6.45, 7) is 1.03. The Labute approximate surface area is 172 Å². The van der Waals surface area contributed by atoms with E-state index in [9.17, 15) is 17.6 Å². The molecular formula is C18H20FN7O3S. The van der Waals surface area contributed by atoms with Crippen molar-refractivity contribution in [3.63, 3.8) is 0 Å². The van der Waals surface area contributed by atoms with Crippen LogP contribution >= 0.6 is 0 Å². The maximum absolute atomic E-state index is 13.9. The van der Waals surface area contributed by atoms with Crippen molar-refractivity contribution in [2.24, 2.45) is 5.14 Å². The highest BCUT2D eigenvalue weighted by molar-refractivity contribution is 7.87. The number of amides is 1. The molecule has 10 nitrogen and oxygen atoms in total. The number of nitrogens with two attached hydrogens (primary N) is 1. The van der Waals surface area contributed by atoms with E-state index in [0.29, 0.717) is 43.0 Å². The second-order valence-corrected chi connectivity index (χ2v) is 8.33. The Morgan fingerprint density at radius 3 is 2.73 bits per heavy atom. The first-order chi connectivity index (χ1) is 14.3. The van der Waals surface area contributed by atoms with Crippen molar-refractivity contribution in [1.82, 2.24) is 19.1 Å². The molecule has 2 aromatic heterocycles. The first-order valence-corrected chi connectivity index (χ1v) is 10.8. The summed E-state index contributed by atoms with van der Waals surface area (Å²) in [5.41, 5.74) is 1.72. The van der Waals surface area contributed by atoms with Crippen LogP contribution in [-0.4, -0.2) is 47.8 Å². The zero-order valence-corrected chi connectivity index (χ0v) is 16.6. The number of carbonyl (C=O) groups excluding carboxylic acids is 1. The fraction of sp³-hybridized carbons (Fsp3) is 0.278. The lowest BCUT2D eigenvalue weighted by atomic mass is 10.0. The lowest BCUT2D eigenvalue weighted by Gasteiger charge is -2.34. The Balaban J connectivity index is 1.51. The molecule has 1 aliphatic heterocycles. The molecule has 30 heavy (non-hydrogen) atoms. The Morgan fingerprint density at radius 1 is 1.23 bits per heavy atom. The molecule has 0 bridgehead atoms. The number of hydrogen-bond donors (Lipinski definition) is 3. The third-order valence-corrected chi connectivity index (χ3v) is 5.55. The predicted octanol–water partition coefficient (Wildman–Crippen LogP) is 0.883. The number of anilines is 2. The molecule has 12 heteroatoms. The van der Waals surface area contributed by atoms with Gasteiger partial charge < -0.3 is 14.6 Å². The molecule has 1 aliphatic rings. The molecule has 0 saturated carbocycles. The number of aromatic nitrogens is 3. The number of carbonyl (C=O) groups is 1. The molecule has 3 heterocycles. The maximum atomic E-state index is 13.9. The molecule has 1 aromatic carbocycles. The lowest BCUT2D eigenvalue weighted by molar-refractivity contribution is 0.102. The SMILES string of the molecule is NS(=O)(=O)NC1CCN(c2ccc(F)cc2NC(=O)c2cn3ccnc3cn2)CC1. The van der Waals surface area contributed by atoms with E-state index in [4.69, 9.17) is 5.14 Å². The lowest BCUT2D eigenvalue weighted by Crippen LogP contribution is -2.46. The summed E-state index contributed by atoms with van der Waals surface area (Å²) in [7, 11) is -3.77. The molecule has 1 fully saturated rings. The van der Waals surface area contributed by atoms with Crippen LogP contribution in [-0.2, 0) is 10.2 Å². The molecule has 1 saturated heterocycles. The Hall–Kier alpha value is -3.09. The molecule has 3 aromatic rings. The highest BCUT2D eigenvalue weighted by atomic mass is 32.2. The van der Waals surface area contributed by atoms with E-state index in [0.717, 1.165) is 0 Å². The molecule has 0 radical (unpaired) electrons. The van der Waals surface area contributed by atoms with Gasteiger partial charge in [-0.2, -0.15) is 13.1 Å². The Bertz CT molecular complexity index is 1190. The van der Waals surface area contributed by atoms with Gasteiger partial charge in [-0.15, -0.1) is 0 Å². The van der Waals surface area contributed by atoms with Crippen LogP contribution in [0.25, 0.3) is 5.65 Å². The smallest absolute Gasteiger partial charge is 0.275 e. The van der Waals surface area contributed by atoms with Crippen LogP contribution in [0.1, 0.15) is 23.3 Å². The number of piperidine rings is 1. The van der Waals surface area contributed by atoms with Gasteiger partial charge in [-0.05, 0) is 31.0 Å². The van der Waals surface area contributed by atoms with Crippen molar-refractivity contribution >= 4 is 33.1 Å². The van der Waals surface area contributed by atoms with Gasteiger partial charge in [-0.25, -0.2) is 19.5 Å². The van der Waals surface area contributed by atoms with Gasteiger partial charge in [-0.1, -0.05) is 0 Å². The second kappa shape index (κ2) is 7.97. The van der Waals surface area contributed by atoms with E-state index in [2.05, 4.69) is 20.0 Å². The second-order valence-electron chi connectivity index (χ2n) is 7.01. The zero-order chi connectivity index (χ0) is 21.3. The largest absolute Gasteiger partial charge is 0.370 e. The van der Waals surface area contributed by atoms with Gasteiger partial charge in [0.05, 0.1) is 17.6 Å². The van der Waals surface area contributed by atoms with E-state index >= 15 is 0 Å². The van der Waals surface area contributed by atoms with Crippen LogP contribution in [0.4, 0.5) is 15.8 Å². The number of imidazole rings is 1. The quantitative estimate of drug-likeness (QED) is 0.547. The number of nitrogens with zero attached hydrogens (tertiary/aromatic N) is 4. The summed E-state index contributed by atoms with van der Waals surface area (Å²) in [5.74, 6) is -0.971. The van der Waals surface area contributed by atoms with Crippen molar-refractivity contribution in [3.05, 3.63) is 54.5 Å². The minimum Gasteiger partial charge on any atom is -0.370 e. The molecule has 1 amide bonds. The summed E-state index contributed by atoms with van der Waals surface area (Å²) in [6.07, 6.45) is 7.37. The first-order valence-electron chi connectivity index (χ1n) is 9.23. The zero-order valence-electron chi connectivity index (χ0n) is 15.8. The maximum Gasteiger partial charge on any atom is 0.275 e. The van der Waals surface area contributed by atoms with Crippen LogP contribution in [0.2, 0.25) is 0 Å². The average molecular weight is 433 g/mol. The van der Waals surface area contributed by atoms with E-state index < -0.39 is 21.9 Å². The fourth-order valence-corrected chi connectivity index (χ4v) is 4.18. The van der Waals surface area contributed by atoms with Gasteiger partial charge in [0.25, 0.3) is 16.1 Å². The molecule has 0 atom stereocenters. The van der Waals surface area contributed by atoms with Crippen molar-refractivity contribution in [3.8, 4) is 0 Å². The average Bonchev–Trinajstić information content (AvgIpc) is 3.15. The van der Waals surface area contributed by atoms with Gasteiger partial charge in [-0.3, -0.25) is 4.79 Å². The highest BCUT2D eigenvalue weighted by Crippen LogP contribution is 2.30. The Morgan fingerprint density at radius 2 is 2.00 bits per heavy atom. The third-order valence-electron chi connectivity index (χ3n) is 4.89. The molecule has 0 aliphatic carbocycles. The molecule has 0 unspecified atom stereocenters. The molecule has 4 rings (SSSR count). The highest BCUT2D eigenvalue weighted by Gasteiger charge is 2.24. The van der Waals surface area contributed by atoms with Crippen molar-refractivity contribution in [2.75, 3.05) is 23.3 Å². The van der Waals surface area contributed by atoms with Crippen molar-refractivity contribution in [1.29, 1.82) is 0 Å². The fourth-order valence-electron chi connectivity index (χ4n) is 3.48. The first kappa shape index (κ1) is 20.2. The molecule has 4 N–H and O–H groups in total. The van der Waals surface area contributed by atoms with E-state index in [1.54, 1.807) is 29.1 Å². The van der Waals surface area contributed by atoms with Gasteiger partial charge in [0.1, 0.15) is 11.5 Å². The van der Waals surface area contributed by atoms with Gasteiger partial charge in [0.15, 0.2) is 5.65 Å². The Kier molecular flexibility index (Phi) is 5.37. The molecule has 158 valence electrons. The number of rotatable bonds is 5. The number of halogens is 1. The summed E-state index contributed by atoms with van der Waals surface area (Å²) in [5, 5.41) is 7.76. The normalized spacial score (nSPS) is 15.5. The van der Waals surface area contributed by atoms with Crippen molar-refractivity contribution < 1.29 is 17.6 Å². The van der Waals surface area contributed by atoms with Crippen LogP contribution in [0, 0.1) is 5.82 Å². The van der Waals surface area contributed by atoms with Crippen LogP contribution in [0.5, 0.6) is 0 Å². The minimum atomic E-state index is -3.77.